The largest absolute Gasteiger partial charge is 0.457 e. The summed E-state index contributed by atoms with van der Waals surface area (Å²) in [5, 5.41) is 6.69. The fourth-order valence-electron chi connectivity index (χ4n) is 6.25. The third-order valence-corrected chi connectivity index (χ3v) is 9.74. The van der Waals surface area contributed by atoms with Crippen molar-refractivity contribution in [2.24, 2.45) is 5.92 Å². The van der Waals surface area contributed by atoms with Gasteiger partial charge in [0.05, 0.1) is 12.6 Å². The molecule has 0 radical (unpaired) electrons. The zero-order valence-electron chi connectivity index (χ0n) is 34.4. The van der Waals surface area contributed by atoms with Crippen molar-refractivity contribution in [2.45, 2.75) is 40.3 Å². The summed E-state index contributed by atoms with van der Waals surface area (Å²) >= 11 is 0. The molecule has 0 aliphatic rings. The van der Waals surface area contributed by atoms with Crippen LogP contribution in [0.3, 0.4) is 0 Å². The summed E-state index contributed by atoms with van der Waals surface area (Å²) in [6.07, 6.45) is 0.768. The van der Waals surface area contributed by atoms with E-state index in [0.717, 1.165) is 51.8 Å². The Morgan fingerprint density at radius 2 is 1.15 bits per heavy atom. The van der Waals surface area contributed by atoms with Crippen LogP contribution in [0.4, 0.5) is 22.7 Å². The van der Waals surface area contributed by atoms with Crippen LogP contribution in [0.15, 0.2) is 158 Å². The van der Waals surface area contributed by atoms with Crippen LogP contribution in [0, 0.1) is 5.92 Å². The van der Waals surface area contributed by atoms with Crippen molar-refractivity contribution in [1.29, 1.82) is 0 Å². The average molecular weight is 789 g/mol. The smallest absolute Gasteiger partial charge is 0.338 e. The Bertz CT molecular complexity index is 2320. The second kappa shape index (κ2) is 19.9. The molecular weight excluding hydrogens is 737 g/mol. The number of nitrogens with one attached hydrogen (secondary N) is 2. The predicted octanol–water partition coefficient (Wildman–Crippen LogP) is 10.9. The fraction of sp³-hybridized carbons (Fsp3) is 0.200. The molecule has 9 heteroatoms. The first-order valence-corrected chi connectivity index (χ1v) is 19.7. The first kappa shape index (κ1) is 41.6. The lowest BCUT2D eigenvalue weighted by Gasteiger charge is -2.27. The molecule has 0 aliphatic heterocycles. The van der Waals surface area contributed by atoms with Gasteiger partial charge in [-0.1, -0.05) is 81.1 Å². The SMILES string of the molecule is C=C(C)C(=O)Oc1ccccc1CN(C)c1ccc(Cc2ccc(N(CNc3ccc(Oc4ccc(NC)cc4)cc3)Cc3ccccc3OC(=O)C(C)C)cc2)cc1. The van der Waals surface area contributed by atoms with Gasteiger partial charge in [-0.25, -0.2) is 4.79 Å². The summed E-state index contributed by atoms with van der Waals surface area (Å²) in [5.74, 6) is 1.66. The monoisotopic (exact) mass is 788 g/mol. The first-order chi connectivity index (χ1) is 28.5. The van der Waals surface area contributed by atoms with Gasteiger partial charge < -0.3 is 34.6 Å². The molecule has 0 unspecified atom stereocenters. The molecule has 0 heterocycles. The van der Waals surface area contributed by atoms with Crippen LogP contribution in [-0.2, 0) is 29.1 Å². The van der Waals surface area contributed by atoms with E-state index in [1.807, 2.05) is 119 Å². The number of para-hydroxylation sites is 2. The molecule has 6 rings (SSSR count). The number of carbonyl (C=O) groups excluding carboxylic acids is 2. The summed E-state index contributed by atoms with van der Waals surface area (Å²) in [6.45, 7) is 10.6. The van der Waals surface area contributed by atoms with Gasteiger partial charge in [-0.2, -0.15) is 0 Å². The van der Waals surface area contributed by atoms with E-state index in [1.165, 1.54) is 11.1 Å². The summed E-state index contributed by atoms with van der Waals surface area (Å²) < 4.78 is 17.4. The van der Waals surface area contributed by atoms with Gasteiger partial charge in [0, 0.05) is 66.6 Å². The Morgan fingerprint density at radius 1 is 0.644 bits per heavy atom. The van der Waals surface area contributed by atoms with E-state index in [9.17, 15) is 9.59 Å². The zero-order valence-corrected chi connectivity index (χ0v) is 34.4. The van der Waals surface area contributed by atoms with E-state index in [0.29, 0.717) is 36.8 Å². The molecule has 0 aliphatic carbocycles. The van der Waals surface area contributed by atoms with Crippen molar-refractivity contribution in [1.82, 2.24) is 0 Å². The van der Waals surface area contributed by atoms with Crippen LogP contribution in [0.5, 0.6) is 23.0 Å². The van der Waals surface area contributed by atoms with Crippen LogP contribution >= 0.6 is 0 Å². The van der Waals surface area contributed by atoms with Crippen molar-refractivity contribution in [2.75, 3.05) is 41.2 Å². The number of esters is 2. The maximum atomic E-state index is 12.6. The average Bonchev–Trinajstić information content (AvgIpc) is 3.25. The molecule has 6 aromatic rings. The fourth-order valence-corrected chi connectivity index (χ4v) is 6.25. The number of ether oxygens (including phenoxy) is 3. The van der Waals surface area contributed by atoms with Gasteiger partial charge in [0.2, 0.25) is 0 Å². The molecule has 2 N–H and O–H groups in total. The van der Waals surface area contributed by atoms with Crippen molar-refractivity contribution < 1.29 is 23.8 Å². The lowest BCUT2D eigenvalue weighted by Crippen LogP contribution is -2.29. The van der Waals surface area contributed by atoms with Gasteiger partial charge in [0.25, 0.3) is 0 Å². The second-order valence-electron chi connectivity index (χ2n) is 14.8. The minimum Gasteiger partial charge on any atom is -0.457 e. The molecule has 0 atom stereocenters. The van der Waals surface area contributed by atoms with Crippen molar-refractivity contribution in [3.63, 3.8) is 0 Å². The number of benzene rings is 6. The van der Waals surface area contributed by atoms with Crippen molar-refractivity contribution in [3.05, 3.63) is 180 Å². The predicted molar refractivity (Wildman–Crippen MR) is 239 cm³/mol. The van der Waals surface area contributed by atoms with Gasteiger partial charge in [-0.05, 0) is 109 Å². The molecule has 302 valence electrons. The Hall–Kier alpha value is -7.00. The third-order valence-electron chi connectivity index (χ3n) is 9.74. The normalized spacial score (nSPS) is 10.7. The summed E-state index contributed by atoms with van der Waals surface area (Å²) in [6, 6.07) is 48.1. The van der Waals surface area contributed by atoms with Crippen LogP contribution in [0.1, 0.15) is 43.0 Å². The molecule has 0 fully saturated rings. The lowest BCUT2D eigenvalue weighted by molar-refractivity contribution is -0.137. The minimum absolute atomic E-state index is 0.243. The van der Waals surface area contributed by atoms with Crippen molar-refractivity contribution >= 4 is 34.7 Å². The van der Waals surface area contributed by atoms with E-state index in [1.54, 1.807) is 13.0 Å². The van der Waals surface area contributed by atoms with Crippen LogP contribution in [0.25, 0.3) is 0 Å². The van der Waals surface area contributed by atoms with Crippen LogP contribution in [0.2, 0.25) is 0 Å². The quantitative estimate of drug-likeness (QED) is 0.0382. The van der Waals surface area contributed by atoms with E-state index >= 15 is 0 Å². The van der Waals surface area contributed by atoms with E-state index < -0.39 is 5.97 Å². The van der Waals surface area contributed by atoms with Crippen molar-refractivity contribution in [3.8, 4) is 23.0 Å². The minimum atomic E-state index is -0.433. The summed E-state index contributed by atoms with van der Waals surface area (Å²) in [7, 11) is 3.91. The maximum Gasteiger partial charge on any atom is 0.338 e. The standard InChI is InChI=1S/C50H52N4O5/c1-35(2)49(55)58-47-13-9-7-11-39(47)32-53(6)43-23-15-37(16-24-43)31-38-17-25-44(26-18-38)54(33-40-12-8-10-14-48(40)59-50(56)36(3)4)34-52-42-21-29-46(30-22-42)57-45-27-19-41(51-5)20-28-45/h7-30,36,51-52H,1,31-34H2,2-6H3. The second-order valence-corrected chi connectivity index (χ2v) is 14.8. The lowest BCUT2D eigenvalue weighted by atomic mass is 10.0. The molecular formula is C50H52N4O5. The molecule has 6 aromatic carbocycles. The first-order valence-electron chi connectivity index (χ1n) is 19.7. The van der Waals surface area contributed by atoms with E-state index in [2.05, 4.69) is 75.5 Å². The highest BCUT2D eigenvalue weighted by Crippen LogP contribution is 2.28. The van der Waals surface area contributed by atoms with Gasteiger partial charge in [0.15, 0.2) is 0 Å². The maximum absolute atomic E-state index is 12.6. The van der Waals surface area contributed by atoms with Crippen LogP contribution < -0.4 is 34.6 Å². The van der Waals surface area contributed by atoms with Gasteiger partial charge in [-0.3, -0.25) is 4.79 Å². The topological polar surface area (TPSA) is 92.4 Å². The number of anilines is 4. The summed E-state index contributed by atoms with van der Waals surface area (Å²) in [4.78, 5) is 29.1. The summed E-state index contributed by atoms with van der Waals surface area (Å²) in [5.41, 5.74) is 8.57. The van der Waals surface area contributed by atoms with Gasteiger partial charge in [0.1, 0.15) is 23.0 Å². The highest BCUT2D eigenvalue weighted by atomic mass is 16.5. The molecule has 0 amide bonds. The van der Waals surface area contributed by atoms with Gasteiger partial charge in [-0.15, -0.1) is 0 Å². The van der Waals surface area contributed by atoms with E-state index in [-0.39, 0.29) is 11.9 Å². The molecule has 0 bridgehead atoms. The number of carbonyl (C=O) groups is 2. The zero-order chi connectivity index (χ0) is 41.7. The molecule has 9 nitrogen and oxygen atoms in total. The Morgan fingerprint density at radius 3 is 1.69 bits per heavy atom. The number of rotatable bonds is 18. The molecule has 0 spiro atoms. The third kappa shape index (κ3) is 11.8. The Labute approximate surface area is 347 Å². The van der Waals surface area contributed by atoms with Crippen LogP contribution in [-0.4, -0.2) is 32.7 Å². The molecule has 0 aromatic heterocycles. The highest BCUT2D eigenvalue weighted by Gasteiger charge is 2.17. The Kier molecular flexibility index (Phi) is 14.1. The highest BCUT2D eigenvalue weighted by molar-refractivity contribution is 5.89. The van der Waals surface area contributed by atoms with E-state index in [4.69, 9.17) is 14.2 Å². The Balaban J connectivity index is 1.13. The molecule has 0 saturated heterocycles. The molecule has 0 saturated carbocycles. The number of hydrogen-bond donors (Lipinski definition) is 2. The molecule has 59 heavy (non-hydrogen) atoms. The number of hydrogen-bond acceptors (Lipinski definition) is 9. The number of nitrogens with zero attached hydrogens (tertiary/aromatic N) is 2. The van der Waals surface area contributed by atoms with Gasteiger partial charge >= 0.3 is 11.9 Å².